The zero-order valence-corrected chi connectivity index (χ0v) is 19.5. The minimum atomic E-state index is -2.73. The van der Waals surface area contributed by atoms with Crippen LogP contribution in [-0.2, 0) is 17.9 Å². The third kappa shape index (κ3) is 3.69. The van der Waals surface area contributed by atoms with Crippen LogP contribution in [0.15, 0.2) is 48.5 Å². The minimum Gasteiger partial charge on any atom is -0.343 e. The van der Waals surface area contributed by atoms with Gasteiger partial charge in [-0.1, -0.05) is 35.9 Å². The number of hydrogen-bond donors (Lipinski definition) is 2. The third-order valence-electron chi connectivity index (χ3n) is 6.61. The minimum absolute atomic E-state index is 0.0605. The molecular weight excluding hydrogens is 446 g/mol. The van der Waals surface area contributed by atoms with E-state index in [1.54, 1.807) is 12.1 Å². The molecule has 8 heteroatoms. The molecule has 2 fully saturated rings. The number of hydrogen-bond acceptors (Lipinski definition) is 3. The molecule has 2 unspecified atom stereocenters. The van der Waals surface area contributed by atoms with E-state index >= 15 is 0 Å². The highest BCUT2D eigenvalue weighted by atomic mass is 35.5. The highest BCUT2D eigenvalue weighted by molar-refractivity contribution is 7.73. The maximum Gasteiger partial charge on any atom is 0.256 e. The first-order valence-electron chi connectivity index (χ1n) is 10.6. The fourth-order valence-corrected chi connectivity index (χ4v) is 5.46. The summed E-state index contributed by atoms with van der Waals surface area (Å²) in [6.45, 7) is 3.65. The van der Waals surface area contributed by atoms with Gasteiger partial charge in [0.1, 0.15) is 0 Å². The van der Waals surface area contributed by atoms with Gasteiger partial charge in [0.05, 0.1) is 17.0 Å². The number of thiol groups is 1. The van der Waals surface area contributed by atoms with Gasteiger partial charge in [-0.25, -0.2) is 8.42 Å². The normalized spacial score (nSPS) is 19.3. The number of anilines is 1. The van der Waals surface area contributed by atoms with Crippen LogP contribution in [0.1, 0.15) is 22.3 Å². The Balaban J connectivity index is 1.64. The highest BCUT2D eigenvalue weighted by Gasteiger charge is 2.47. The average molecular weight is 470 g/mol. The Labute approximate surface area is 193 Å². The Kier molecular flexibility index (Phi) is 5.26. The standard InChI is InChI=1S/C24H24ClN3O3S/c1-14-21(24(29)28-12-17-11-18(17)13-28)23(16-5-9-20(10-6-16)26-32(30)31)27(2)22(14)15-3-7-19(25)8-4-15/h3-10,17-18,32H,11-13H2,1-2H3,(H,26,30,31). The predicted octanol–water partition coefficient (Wildman–Crippen LogP) is 4.35. The SMILES string of the molecule is Cc1c(C(=O)N2CC3CC3C2)c(-c2ccc(N[SH](=O)=O)cc2)n(C)c1-c1ccc(Cl)cc1. The van der Waals surface area contributed by atoms with Gasteiger partial charge in [-0.05, 0) is 66.1 Å². The molecule has 1 aromatic heterocycles. The molecule has 1 N–H and O–H groups in total. The fourth-order valence-electron chi connectivity index (χ4n) is 4.97. The second-order valence-corrected chi connectivity index (χ2v) is 9.85. The van der Waals surface area contributed by atoms with Crippen molar-refractivity contribution in [3.63, 3.8) is 0 Å². The summed E-state index contributed by atoms with van der Waals surface area (Å²) in [4.78, 5) is 15.7. The van der Waals surface area contributed by atoms with Gasteiger partial charge in [0.2, 0.25) is 10.9 Å². The molecule has 1 amide bonds. The monoisotopic (exact) mass is 469 g/mol. The van der Waals surface area contributed by atoms with Crippen LogP contribution < -0.4 is 4.72 Å². The van der Waals surface area contributed by atoms with Crippen molar-refractivity contribution in [1.82, 2.24) is 9.47 Å². The van der Waals surface area contributed by atoms with E-state index in [-0.39, 0.29) is 5.91 Å². The van der Waals surface area contributed by atoms with E-state index in [0.717, 1.165) is 41.2 Å². The molecule has 1 saturated heterocycles. The molecule has 0 bridgehead atoms. The van der Waals surface area contributed by atoms with Gasteiger partial charge in [-0.3, -0.25) is 9.52 Å². The van der Waals surface area contributed by atoms with Crippen molar-refractivity contribution in [2.24, 2.45) is 18.9 Å². The van der Waals surface area contributed by atoms with Crippen LogP contribution in [0.3, 0.4) is 0 Å². The predicted molar refractivity (Wildman–Crippen MR) is 127 cm³/mol. The molecule has 2 atom stereocenters. The molecule has 6 nitrogen and oxygen atoms in total. The van der Waals surface area contributed by atoms with Crippen LogP contribution in [0.2, 0.25) is 5.02 Å². The first-order chi connectivity index (χ1) is 15.3. The van der Waals surface area contributed by atoms with Gasteiger partial charge >= 0.3 is 0 Å². The third-order valence-corrected chi connectivity index (χ3v) is 7.31. The number of benzene rings is 2. The number of rotatable bonds is 5. The van der Waals surface area contributed by atoms with E-state index in [9.17, 15) is 13.2 Å². The molecule has 0 radical (unpaired) electrons. The molecule has 1 saturated carbocycles. The summed E-state index contributed by atoms with van der Waals surface area (Å²) >= 11 is 6.10. The van der Waals surface area contributed by atoms with Crippen molar-refractivity contribution in [2.75, 3.05) is 17.8 Å². The van der Waals surface area contributed by atoms with Crippen molar-refractivity contribution in [3.05, 3.63) is 64.7 Å². The summed E-state index contributed by atoms with van der Waals surface area (Å²) in [6.07, 6.45) is 1.23. The zero-order chi connectivity index (χ0) is 22.6. The lowest BCUT2D eigenvalue weighted by Crippen LogP contribution is -2.31. The molecule has 166 valence electrons. The molecule has 2 aliphatic rings. The van der Waals surface area contributed by atoms with E-state index in [0.29, 0.717) is 28.1 Å². The zero-order valence-electron chi connectivity index (χ0n) is 17.8. The number of nitrogens with zero attached hydrogens (tertiary/aromatic N) is 2. The Morgan fingerprint density at radius 1 is 0.969 bits per heavy atom. The average Bonchev–Trinajstić information content (AvgIpc) is 3.27. The lowest BCUT2D eigenvalue weighted by molar-refractivity contribution is 0.0775. The molecule has 2 heterocycles. The van der Waals surface area contributed by atoms with E-state index in [2.05, 4.69) is 9.29 Å². The number of amides is 1. The molecule has 1 aliphatic heterocycles. The maximum atomic E-state index is 13.7. The number of nitrogens with one attached hydrogen (secondary N) is 1. The highest BCUT2D eigenvalue weighted by Crippen LogP contribution is 2.46. The number of aromatic nitrogens is 1. The van der Waals surface area contributed by atoms with E-state index in [1.807, 2.05) is 55.3 Å². The number of halogens is 1. The number of carbonyl (C=O) groups is 1. The molecule has 0 spiro atoms. The summed E-state index contributed by atoms with van der Waals surface area (Å²) in [5.41, 5.74) is 5.76. The van der Waals surface area contributed by atoms with Crippen molar-refractivity contribution < 1.29 is 13.2 Å². The van der Waals surface area contributed by atoms with Crippen molar-refractivity contribution in [1.29, 1.82) is 0 Å². The van der Waals surface area contributed by atoms with Gasteiger partial charge in [-0.2, -0.15) is 0 Å². The van der Waals surface area contributed by atoms with Crippen LogP contribution in [0, 0.1) is 18.8 Å². The molecule has 3 aromatic rings. The Bertz CT molecular complexity index is 1260. The number of fused-ring (bicyclic) bond motifs is 1. The lowest BCUT2D eigenvalue weighted by atomic mass is 10.0. The van der Waals surface area contributed by atoms with Gasteiger partial charge in [-0.15, -0.1) is 0 Å². The Morgan fingerprint density at radius 2 is 1.53 bits per heavy atom. The second kappa shape index (κ2) is 7.98. The van der Waals surface area contributed by atoms with Crippen LogP contribution in [0.5, 0.6) is 0 Å². The first-order valence-corrected chi connectivity index (χ1v) is 12.1. The first kappa shape index (κ1) is 21.1. The molecule has 32 heavy (non-hydrogen) atoms. The maximum absolute atomic E-state index is 13.7. The molecule has 5 rings (SSSR count). The van der Waals surface area contributed by atoms with Gasteiger partial charge in [0.25, 0.3) is 5.91 Å². The van der Waals surface area contributed by atoms with E-state index < -0.39 is 10.9 Å². The number of likely N-dealkylation sites (tertiary alicyclic amines) is 1. The number of piperidine rings is 1. The van der Waals surface area contributed by atoms with Crippen LogP contribution in [0.25, 0.3) is 22.5 Å². The summed E-state index contributed by atoms with van der Waals surface area (Å²) in [6, 6.07) is 14.7. The topological polar surface area (TPSA) is 71.4 Å². The van der Waals surface area contributed by atoms with Gasteiger partial charge in [0.15, 0.2) is 0 Å². The summed E-state index contributed by atoms with van der Waals surface area (Å²) in [5.74, 6) is 1.37. The van der Waals surface area contributed by atoms with Crippen molar-refractivity contribution in [3.8, 4) is 22.5 Å². The van der Waals surface area contributed by atoms with Gasteiger partial charge in [0, 0.05) is 30.8 Å². The Morgan fingerprint density at radius 3 is 2.12 bits per heavy atom. The van der Waals surface area contributed by atoms with Crippen LogP contribution >= 0.6 is 11.6 Å². The molecular formula is C24H24ClN3O3S. The van der Waals surface area contributed by atoms with Crippen LogP contribution in [-0.4, -0.2) is 36.9 Å². The number of carbonyl (C=O) groups excluding carboxylic acids is 1. The van der Waals surface area contributed by atoms with Crippen molar-refractivity contribution in [2.45, 2.75) is 13.3 Å². The van der Waals surface area contributed by atoms with E-state index in [4.69, 9.17) is 11.6 Å². The second-order valence-electron chi connectivity index (χ2n) is 8.68. The van der Waals surface area contributed by atoms with Crippen LogP contribution in [0.4, 0.5) is 5.69 Å². The largest absolute Gasteiger partial charge is 0.343 e. The van der Waals surface area contributed by atoms with E-state index in [1.165, 1.54) is 6.42 Å². The molecule has 2 aromatic carbocycles. The lowest BCUT2D eigenvalue weighted by Gasteiger charge is -2.19. The summed E-state index contributed by atoms with van der Waals surface area (Å²) < 4.78 is 26.4. The Hall–Kier alpha value is -2.77. The van der Waals surface area contributed by atoms with Gasteiger partial charge < -0.3 is 9.47 Å². The van der Waals surface area contributed by atoms with Crippen molar-refractivity contribution >= 4 is 34.1 Å². The summed E-state index contributed by atoms with van der Waals surface area (Å²) in [5, 5.41) is 0.660. The molecule has 1 aliphatic carbocycles. The smallest absolute Gasteiger partial charge is 0.256 e. The fraction of sp³-hybridized carbons (Fsp3) is 0.292. The quantitative estimate of drug-likeness (QED) is 0.546. The summed E-state index contributed by atoms with van der Waals surface area (Å²) in [7, 11) is -0.767.